The van der Waals surface area contributed by atoms with E-state index in [0.29, 0.717) is 37.0 Å². The number of nitrogens with zero attached hydrogens (tertiary/aromatic N) is 5. The summed E-state index contributed by atoms with van der Waals surface area (Å²) >= 11 is 0. The number of pyridine rings is 1. The maximum atomic E-state index is 12.8. The van der Waals surface area contributed by atoms with Crippen molar-refractivity contribution >= 4 is 11.7 Å². The van der Waals surface area contributed by atoms with Crippen molar-refractivity contribution in [2.24, 2.45) is 0 Å². The summed E-state index contributed by atoms with van der Waals surface area (Å²) in [5, 5.41) is 0. The molecule has 0 aromatic carbocycles. The van der Waals surface area contributed by atoms with Crippen molar-refractivity contribution in [1.29, 1.82) is 0 Å². The van der Waals surface area contributed by atoms with Crippen molar-refractivity contribution in [3.05, 3.63) is 36.3 Å². The highest BCUT2D eigenvalue weighted by Crippen LogP contribution is 2.22. The van der Waals surface area contributed by atoms with E-state index < -0.39 is 0 Å². The Hall–Kier alpha value is -2.90. The van der Waals surface area contributed by atoms with Gasteiger partial charge in [-0.1, -0.05) is 0 Å². The molecule has 138 valence electrons. The molecule has 3 heterocycles. The number of hydrogen-bond acceptors (Lipinski definition) is 7. The molecule has 0 N–H and O–H groups in total. The molecular formula is C18H23N5O3. The van der Waals surface area contributed by atoms with E-state index in [4.69, 9.17) is 9.47 Å². The van der Waals surface area contributed by atoms with Crippen LogP contribution in [0.3, 0.4) is 0 Å². The van der Waals surface area contributed by atoms with Gasteiger partial charge in [0.15, 0.2) is 5.82 Å². The molecule has 1 aliphatic heterocycles. The van der Waals surface area contributed by atoms with Gasteiger partial charge in [0.2, 0.25) is 11.8 Å². The van der Waals surface area contributed by atoms with Gasteiger partial charge in [-0.05, 0) is 19.1 Å². The number of carbonyl (C=O) groups is 1. The fraction of sp³-hybridized carbons (Fsp3) is 0.444. The Morgan fingerprint density at radius 1 is 1.38 bits per heavy atom. The van der Waals surface area contributed by atoms with Crippen LogP contribution in [-0.4, -0.2) is 65.7 Å². The van der Waals surface area contributed by atoms with Crippen LogP contribution in [0.5, 0.6) is 11.8 Å². The second-order valence-electron chi connectivity index (χ2n) is 6.18. The van der Waals surface area contributed by atoms with Crippen molar-refractivity contribution < 1.29 is 14.3 Å². The van der Waals surface area contributed by atoms with Crippen LogP contribution >= 0.6 is 0 Å². The Morgan fingerprint density at radius 2 is 2.23 bits per heavy atom. The zero-order valence-corrected chi connectivity index (χ0v) is 15.3. The molecule has 3 rings (SSSR count). The van der Waals surface area contributed by atoms with Crippen LogP contribution < -0.4 is 14.4 Å². The maximum Gasteiger partial charge on any atom is 0.259 e. The SMILES string of the molecule is CCOc1ncccc1C(=O)N1CCC(Oc2cncc(N(C)C)n2)C1. The van der Waals surface area contributed by atoms with Gasteiger partial charge >= 0.3 is 0 Å². The van der Waals surface area contributed by atoms with Crippen molar-refractivity contribution in [2.45, 2.75) is 19.4 Å². The average molecular weight is 357 g/mol. The van der Waals surface area contributed by atoms with E-state index >= 15 is 0 Å². The molecule has 8 heteroatoms. The second kappa shape index (κ2) is 7.99. The van der Waals surface area contributed by atoms with Crippen LogP contribution in [0.2, 0.25) is 0 Å². The number of ether oxygens (including phenoxy) is 2. The third-order valence-electron chi connectivity index (χ3n) is 4.06. The first-order valence-electron chi connectivity index (χ1n) is 8.61. The summed E-state index contributed by atoms with van der Waals surface area (Å²) in [6, 6.07) is 3.47. The normalized spacial score (nSPS) is 16.4. The van der Waals surface area contributed by atoms with E-state index in [1.165, 1.54) is 0 Å². The quantitative estimate of drug-likeness (QED) is 0.777. The van der Waals surface area contributed by atoms with Crippen LogP contribution in [0.1, 0.15) is 23.7 Å². The van der Waals surface area contributed by atoms with Crippen LogP contribution in [0.4, 0.5) is 5.82 Å². The molecule has 0 radical (unpaired) electrons. The van der Waals surface area contributed by atoms with Crippen molar-refractivity contribution in [1.82, 2.24) is 19.9 Å². The van der Waals surface area contributed by atoms with Crippen molar-refractivity contribution in [2.75, 3.05) is 38.7 Å². The van der Waals surface area contributed by atoms with Crippen molar-refractivity contribution in [3.63, 3.8) is 0 Å². The summed E-state index contributed by atoms with van der Waals surface area (Å²) in [6.07, 6.45) is 5.51. The van der Waals surface area contributed by atoms with Gasteiger partial charge in [-0.3, -0.25) is 9.78 Å². The lowest BCUT2D eigenvalue weighted by molar-refractivity contribution is 0.0766. The van der Waals surface area contributed by atoms with Gasteiger partial charge in [0.1, 0.15) is 11.7 Å². The van der Waals surface area contributed by atoms with Gasteiger partial charge in [0.25, 0.3) is 5.91 Å². The summed E-state index contributed by atoms with van der Waals surface area (Å²) in [5.41, 5.74) is 0.476. The first-order chi connectivity index (χ1) is 12.6. The number of rotatable bonds is 6. The molecule has 8 nitrogen and oxygen atoms in total. The smallest absolute Gasteiger partial charge is 0.259 e. The number of likely N-dealkylation sites (tertiary alicyclic amines) is 1. The summed E-state index contributed by atoms with van der Waals surface area (Å²) in [5.74, 6) is 1.46. The van der Waals surface area contributed by atoms with Crippen LogP contribution in [0.15, 0.2) is 30.7 Å². The number of carbonyl (C=O) groups excluding carboxylic acids is 1. The van der Waals surface area contributed by atoms with E-state index in [-0.39, 0.29) is 12.0 Å². The molecule has 1 atom stereocenters. The Bertz CT molecular complexity index is 768. The Morgan fingerprint density at radius 3 is 3.00 bits per heavy atom. The third-order valence-corrected chi connectivity index (χ3v) is 4.06. The van der Waals surface area contributed by atoms with Gasteiger partial charge in [0, 0.05) is 33.3 Å². The molecule has 1 fully saturated rings. The number of aromatic nitrogens is 3. The minimum atomic E-state index is -0.113. The molecule has 1 saturated heterocycles. The van der Waals surface area contributed by atoms with Crippen LogP contribution in [0.25, 0.3) is 0 Å². The lowest BCUT2D eigenvalue weighted by Gasteiger charge is -2.18. The fourth-order valence-electron chi connectivity index (χ4n) is 2.77. The third kappa shape index (κ3) is 4.01. The van der Waals surface area contributed by atoms with E-state index in [0.717, 1.165) is 12.2 Å². The van der Waals surface area contributed by atoms with E-state index in [1.807, 2.05) is 25.9 Å². The molecule has 2 aromatic rings. The molecule has 0 aliphatic carbocycles. The van der Waals surface area contributed by atoms with Gasteiger partial charge in [-0.25, -0.2) is 4.98 Å². The molecular weight excluding hydrogens is 334 g/mol. The zero-order valence-electron chi connectivity index (χ0n) is 15.3. The standard InChI is InChI=1S/C18H23N5O3/c1-4-25-17-14(6-5-8-20-17)18(24)23-9-7-13(12-23)26-16-11-19-10-15(21-16)22(2)3/h5-6,8,10-11,13H,4,7,9,12H2,1-3H3. The average Bonchev–Trinajstić information content (AvgIpc) is 3.10. The summed E-state index contributed by atoms with van der Waals surface area (Å²) < 4.78 is 11.4. The monoisotopic (exact) mass is 357 g/mol. The molecule has 2 aromatic heterocycles. The summed E-state index contributed by atoms with van der Waals surface area (Å²) in [7, 11) is 3.79. The molecule has 26 heavy (non-hydrogen) atoms. The lowest BCUT2D eigenvalue weighted by Crippen LogP contribution is -2.31. The minimum Gasteiger partial charge on any atom is -0.477 e. The largest absolute Gasteiger partial charge is 0.477 e. The van der Waals surface area contributed by atoms with Gasteiger partial charge in [0.05, 0.1) is 25.5 Å². The highest BCUT2D eigenvalue weighted by Gasteiger charge is 2.30. The highest BCUT2D eigenvalue weighted by atomic mass is 16.5. The Kier molecular flexibility index (Phi) is 5.50. The Labute approximate surface area is 152 Å². The molecule has 1 amide bonds. The van der Waals surface area contributed by atoms with E-state index in [9.17, 15) is 4.79 Å². The first kappa shape index (κ1) is 17.9. The molecule has 0 bridgehead atoms. The highest BCUT2D eigenvalue weighted by molar-refractivity contribution is 5.96. The van der Waals surface area contributed by atoms with Gasteiger partial charge < -0.3 is 19.3 Å². The van der Waals surface area contributed by atoms with E-state index in [2.05, 4.69) is 15.0 Å². The molecule has 0 spiro atoms. The molecule has 1 aliphatic rings. The lowest BCUT2D eigenvalue weighted by atomic mass is 10.2. The molecule has 1 unspecified atom stereocenters. The minimum absolute atomic E-state index is 0.0965. The molecule has 0 saturated carbocycles. The van der Waals surface area contributed by atoms with Gasteiger partial charge in [-0.15, -0.1) is 0 Å². The summed E-state index contributed by atoms with van der Waals surface area (Å²) in [4.78, 5) is 29.1. The first-order valence-corrected chi connectivity index (χ1v) is 8.61. The predicted octanol–water partition coefficient (Wildman–Crippen LogP) is 1.63. The predicted molar refractivity (Wildman–Crippen MR) is 96.7 cm³/mol. The maximum absolute atomic E-state index is 12.8. The Balaban J connectivity index is 1.65. The number of anilines is 1. The van der Waals surface area contributed by atoms with Gasteiger partial charge in [-0.2, -0.15) is 4.98 Å². The van der Waals surface area contributed by atoms with E-state index in [1.54, 1.807) is 35.6 Å². The summed E-state index contributed by atoms with van der Waals surface area (Å²) in [6.45, 7) is 3.44. The zero-order chi connectivity index (χ0) is 18.5. The number of amides is 1. The second-order valence-corrected chi connectivity index (χ2v) is 6.18. The fourth-order valence-corrected chi connectivity index (χ4v) is 2.77. The topological polar surface area (TPSA) is 80.7 Å². The van der Waals surface area contributed by atoms with Crippen LogP contribution in [0, 0.1) is 0 Å². The van der Waals surface area contributed by atoms with Crippen LogP contribution in [-0.2, 0) is 0 Å². The van der Waals surface area contributed by atoms with Crippen molar-refractivity contribution in [3.8, 4) is 11.8 Å². The number of hydrogen-bond donors (Lipinski definition) is 0.